The zero-order valence-electron chi connectivity index (χ0n) is 25.5. The van der Waals surface area contributed by atoms with Gasteiger partial charge in [0.2, 0.25) is 0 Å². The van der Waals surface area contributed by atoms with Gasteiger partial charge >= 0.3 is 0 Å². The Morgan fingerprint density at radius 1 is 0.500 bits per heavy atom. The van der Waals surface area contributed by atoms with Crippen molar-refractivity contribution in [3.05, 3.63) is 0 Å². The lowest BCUT2D eigenvalue weighted by Gasteiger charge is -2.56. The first-order valence-electron chi connectivity index (χ1n) is 16.7. The van der Waals surface area contributed by atoms with Crippen LogP contribution in [0.25, 0.3) is 0 Å². The summed E-state index contributed by atoms with van der Waals surface area (Å²) in [4.78, 5) is 5.94. The summed E-state index contributed by atoms with van der Waals surface area (Å²) in [5, 5.41) is 0. The van der Waals surface area contributed by atoms with E-state index < -0.39 is 0 Å². The summed E-state index contributed by atoms with van der Waals surface area (Å²) in [7, 11) is 0. The smallest absolute Gasteiger partial charge is 0.0158 e. The molecule has 0 amide bonds. The Kier molecular flexibility index (Phi) is 10.3. The Morgan fingerprint density at radius 3 is 1.22 bits per heavy atom. The van der Waals surface area contributed by atoms with Crippen molar-refractivity contribution in [1.29, 1.82) is 0 Å². The van der Waals surface area contributed by atoms with Crippen LogP contribution in [0.1, 0.15) is 157 Å². The Hall–Kier alpha value is -0.0800. The van der Waals surface area contributed by atoms with Crippen molar-refractivity contribution in [3.8, 4) is 0 Å². The second-order valence-electron chi connectivity index (χ2n) is 15.2. The van der Waals surface area contributed by atoms with Crippen molar-refractivity contribution in [2.45, 2.75) is 180 Å². The second kappa shape index (κ2) is 12.8. The maximum atomic E-state index is 2.97. The predicted molar refractivity (Wildman–Crippen MR) is 158 cm³/mol. The van der Waals surface area contributed by atoms with E-state index in [2.05, 4.69) is 51.3 Å². The van der Waals surface area contributed by atoms with Crippen molar-refractivity contribution in [2.24, 2.45) is 23.7 Å². The van der Waals surface area contributed by atoms with Crippen LogP contribution >= 0.6 is 0 Å². The van der Waals surface area contributed by atoms with E-state index in [1.807, 2.05) is 0 Å². The van der Waals surface area contributed by atoms with Crippen molar-refractivity contribution >= 4 is 0 Å². The maximum Gasteiger partial charge on any atom is 0.0158 e. The average molecular weight is 501 g/mol. The van der Waals surface area contributed by atoms with Crippen molar-refractivity contribution < 1.29 is 0 Å². The van der Waals surface area contributed by atoms with Gasteiger partial charge in [0.05, 0.1) is 0 Å². The van der Waals surface area contributed by atoms with E-state index in [1.54, 1.807) is 0 Å². The molecule has 2 nitrogen and oxygen atoms in total. The van der Waals surface area contributed by atoms with E-state index in [1.165, 1.54) is 129 Å². The number of hydrogen-bond donors (Lipinski definition) is 0. The lowest BCUT2D eigenvalue weighted by Crippen LogP contribution is -2.60. The highest BCUT2D eigenvalue weighted by atomic mass is 15.2. The summed E-state index contributed by atoms with van der Waals surface area (Å²) in [6.07, 6.45) is 26.2. The predicted octanol–water partition coefficient (Wildman–Crippen LogP) is 9.47. The highest BCUT2D eigenvalue weighted by molar-refractivity contribution is 5.00. The zero-order valence-corrected chi connectivity index (χ0v) is 25.5. The van der Waals surface area contributed by atoms with Gasteiger partial charge in [-0.25, -0.2) is 0 Å². The largest absolute Gasteiger partial charge is 0.295 e. The number of likely N-dealkylation sites (tertiary alicyclic amines) is 2. The molecular formula is C34H64N2. The van der Waals surface area contributed by atoms with Gasteiger partial charge in [0.25, 0.3) is 0 Å². The SMILES string of the molecule is CC1CC(C)(C)N(CCCCCCCCCCN2C3CCCCC3C(C)CC2(C)C)C2CCCCC12. The molecule has 0 spiro atoms. The number of piperidine rings is 2. The Balaban J connectivity index is 1.08. The highest BCUT2D eigenvalue weighted by Crippen LogP contribution is 2.46. The topological polar surface area (TPSA) is 6.48 Å². The van der Waals surface area contributed by atoms with Gasteiger partial charge in [0.15, 0.2) is 0 Å². The van der Waals surface area contributed by atoms with E-state index in [9.17, 15) is 0 Å². The number of rotatable bonds is 11. The third-order valence-electron chi connectivity index (χ3n) is 11.6. The fourth-order valence-electron chi connectivity index (χ4n) is 9.95. The number of hydrogen-bond acceptors (Lipinski definition) is 2. The second-order valence-corrected chi connectivity index (χ2v) is 15.2. The van der Waals surface area contributed by atoms with Crippen LogP contribution in [0.3, 0.4) is 0 Å². The van der Waals surface area contributed by atoms with Gasteiger partial charge in [-0.3, -0.25) is 9.80 Å². The lowest BCUT2D eigenvalue weighted by atomic mass is 9.67. The molecule has 2 heterocycles. The monoisotopic (exact) mass is 501 g/mol. The van der Waals surface area contributed by atoms with Crippen LogP contribution in [0.15, 0.2) is 0 Å². The molecule has 4 rings (SSSR count). The molecule has 2 heteroatoms. The first kappa shape index (κ1) is 28.9. The van der Waals surface area contributed by atoms with Gasteiger partial charge in [0.1, 0.15) is 0 Å². The molecule has 2 aliphatic carbocycles. The van der Waals surface area contributed by atoms with Gasteiger partial charge in [-0.2, -0.15) is 0 Å². The molecule has 210 valence electrons. The van der Waals surface area contributed by atoms with E-state index in [0.29, 0.717) is 11.1 Å². The fourth-order valence-corrected chi connectivity index (χ4v) is 9.95. The third kappa shape index (κ3) is 6.91. The average Bonchev–Trinajstić information content (AvgIpc) is 2.83. The molecular weight excluding hydrogens is 436 g/mol. The lowest BCUT2D eigenvalue weighted by molar-refractivity contribution is -0.0591. The molecule has 0 bridgehead atoms. The van der Waals surface area contributed by atoms with Crippen LogP contribution in [-0.4, -0.2) is 46.1 Å². The third-order valence-corrected chi connectivity index (χ3v) is 11.6. The molecule has 6 unspecified atom stereocenters. The van der Waals surface area contributed by atoms with E-state index in [0.717, 1.165) is 35.8 Å². The summed E-state index contributed by atoms with van der Waals surface area (Å²) < 4.78 is 0. The van der Waals surface area contributed by atoms with Gasteiger partial charge in [-0.15, -0.1) is 0 Å². The molecule has 36 heavy (non-hydrogen) atoms. The molecule has 2 aliphatic heterocycles. The summed E-state index contributed by atoms with van der Waals surface area (Å²) >= 11 is 0. The quantitative estimate of drug-likeness (QED) is 0.261. The standard InChI is InChI=1S/C34H64N2/c1-27-25-33(3,4)35(31-21-15-13-19-29(27)31)23-17-11-9-7-8-10-12-18-24-36-32-22-16-14-20-30(32)28(2)26-34(36,5)6/h27-32H,7-26H2,1-6H3. The number of fused-ring (bicyclic) bond motifs is 2. The summed E-state index contributed by atoms with van der Waals surface area (Å²) in [6.45, 7) is 17.9. The van der Waals surface area contributed by atoms with Gasteiger partial charge in [-0.05, 0) is 116 Å². The Labute approximate surface area is 226 Å². The van der Waals surface area contributed by atoms with Gasteiger partial charge < -0.3 is 0 Å². The van der Waals surface area contributed by atoms with Crippen LogP contribution in [0.4, 0.5) is 0 Å². The minimum absolute atomic E-state index is 0.413. The summed E-state index contributed by atoms with van der Waals surface area (Å²) in [5.74, 6) is 3.81. The van der Waals surface area contributed by atoms with Gasteiger partial charge in [0, 0.05) is 23.2 Å². The summed E-state index contributed by atoms with van der Waals surface area (Å²) in [6, 6.07) is 1.77. The fraction of sp³-hybridized carbons (Fsp3) is 1.00. The maximum absolute atomic E-state index is 2.97. The number of nitrogens with zero attached hydrogens (tertiary/aromatic N) is 2. The first-order chi connectivity index (χ1) is 17.2. The van der Waals surface area contributed by atoms with E-state index >= 15 is 0 Å². The normalized spacial score (nSPS) is 36.8. The Morgan fingerprint density at radius 2 is 0.833 bits per heavy atom. The van der Waals surface area contributed by atoms with E-state index in [-0.39, 0.29) is 0 Å². The van der Waals surface area contributed by atoms with Crippen LogP contribution in [-0.2, 0) is 0 Å². The Bertz CT molecular complexity index is 598. The number of unbranched alkanes of at least 4 members (excludes halogenated alkanes) is 7. The summed E-state index contributed by atoms with van der Waals surface area (Å²) in [5.41, 5.74) is 0.826. The molecule has 6 atom stereocenters. The highest BCUT2D eigenvalue weighted by Gasteiger charge is 2.46. The molecule has 2 saturated heterocycles. The van der Waals surface area contributed by atoms with Crippen LogP contribution < -0.4 is 0 Å². The molecule has 2 saturated carbocycles. The molecule has 4 aliphatic rings. The molecule has 0 N–H and O–H groups in total. The van der Waals surface area contributed by atoms with Crippen LogP contribution in [0.2, 0.25) is 0 Å². The zero-order chi connectivity index (χ0) is 25.8. The molecule has 0 aromatic rings. The first-order valence-corrected chi connectivity index (χ1v) is 16.7. The minimum atomic E-state index is 0.413. The molecule has 0 aromatic heterocycles. The van der Waals surface area contributed by atoms with E-state index in [4.69, 9.17) is 0 Å². The van der Waals surface area contributed by atoms with Crippen molar-refractivity contribution in [3.63, 3.8) is 0 Å². The van der Waals surface area contributed by atoms with Crippen LogP contribution in [0, 0.1) is 23.7 Å². The van der Waals surface area contributed by atoms with Crippen molar-refractivity contribution in [1.82, 2.24) is 9.80 Å². The minimum Gasteiger partial charge on any atom is -0.295 e. The molecule has 4 fully saturated rings. The molecule has 0 aromatic carbocycles. The van der Waals surface area contributed by atoms with Crippen molar-refractivity contribution in [2.75, 3.05) is 13.1 Å². The van der Waals surface area contributed by atoms with Gasteiger partial charge in [-0.1, -0.05) is 78.1 Å². The van der Waals surface area contributed by atoms with Crippen LogP contribution in [0.5, 0.6) is 0 Å². The molecule has 0 radical (unpaired) electrons.